The first-order chi connectivity index (χ1) is 20.0. The molecule has 0 aliphatic heterocycles. The van der Waals surface area contributed by atoms with E-state index in [0.29, 0.717) is 27.4 Å². The molecular formula is C33H22N2O4S2. The van der Waals surface area contributed by atoms with Gasteiger partial charge in [0.25, 0.3) is 5.91 Å². The first-order valence-corrected chi connectivity index (χ1v) is 14.5. The second kappa shape index (κ2) is 11.4. The van der Waals surface area contributed by atoms with Crippen molar-refractivity contribution >= 4 is 57.9 Å². The highest BCUT2D eigenvalue weighted by molar-refractivity contribution is 8.00. The average Bonchev–Trinajstić information content (AvgIpc) is 3.55. The van der Waals surface area contributed by atoms with E-state index in [2.05, 4.69) is 10.6 Å². The third-order valence-electron chi connectivity index (χ3n) is 6.66. The zero-order chi connectivity index (χ0) is 28.3. The minimum atomic E-state index is -0.653. The van der Waals surface area contributed by atoms with E-state index in [9.17, 15) is 19.2 Å². The van der Waals surface area contributed by atoms with E-state index in [0.717, 1.165) is 10.5 Å². The number of rotatable bonds is 7. The van der Waals surface area contributed by atoms with Gasteiger partial charge >= 0.3 is 0 Å². The summed E-state index contributed by atoms with van der Waals surface area (Å²) in [5.41, 5.74) is 2.89. The molecule has 0 saturated heterocycles. The minimum Gasteiger partial charge on any atom is -0.324 e. The van der Waals surface area contributed by atoms with Gasteiger partial charge in [-0.3, -0.25) is 19.2 Å². The van der Waals surface area contributed by atoms with Gasteiger partial charge in [-0.15, -0.1) is 23.1 Å². The Morgan fingerprint density at radius 1 is 0.659 bits per heavy atom. The Kier molecular flexibility index (Phi) is 7.33. The molecule has 41 heavy (non-hydrogen) atoms. The lowest BCUT2D eigenvalue weighted by Gasteiger charge is -2.22. The van der Waals surface area contributed by atoms with Gasteiger partial charge < -0.3 is 10.6 Å². The Morgan fingerprint density at radius 2 is 1.34 bits per heavy atom. The van der Waals surface area contributed by atoms with Crippen molar-refractivity contribution in [1.82, 2.24) is 0 Å². The van der Waals surface area contributed by atoms with Crippen molar-refractivity contribution in [2.75, 3.05) is 10.6 Å². The molecule has 0 spiro atoms. The topological polar surface area (TPSA) is 92.3 Å². The van der Waals surface area contributed by atoms with Crippen molar-refractivity contribution in [3.8, 4) is 0 Å². The SMILES string of the molecule is O=C(Nc1ccc(SC(C(=O)Nc2cccc3c2C(=O)c2ccccc2C3=O)c2ccccc2)cc1)c1cccs1. The van der Waals surface area contributed by atoms with Crippen LogP contribution in [0.2, 0.25) is 0 Å². The summed E-state index contributed by atoms with van der Waals surface area (Å²) in [6.45, 7) is 0. The van der Waals surface area contributed by atoms with Crippen LogP contribution in [0.15, 0.2) is 119 Å². The van der Waals surface area contributed by atoms with Gasteiger partial charge in [0.1, 0.15) is 5.25 Å². The normalized spacial score (nSPS) is 12.7. The maximum Gasteiger partial charge on any atom is 0.265 e. The number of carbonyl (C=O) groups excluding carboxylic acids is 4. The van der Waals surface area contributed by atoms with Crippen molar-refractivity contribution in [3.63, 3.8) is 0 Å². The molecule has 1 aromatic heterocycles. The summed E-state index contributed by atoms with van der Waals surface area (Å²) in [5.74, 6) is -1.05. The van der Waals surface area contributed by atoms with Crippen LogP contribution in [0.25, 0.3) is 0 Å². The number of nitrogens with one attached hydrogen (secondary N) is 2. The zero-order valence-electron chi connectivity index (χ0n) is 21.5. The van der Waals surface area contributed by atoms with Crippen molar-refractivity contribution < 1.29 is 19.2 Å². The molecule has 0 bridgehead atoms. The van der Waals surface area contributed by atoms with E-state index in [1.54, 1.807) is 60.7 Å². The largest absolute Gasteiger partial charge is 0.324 e. The van der Waals surface area contributed by atoms with Crippen LogP contribution in [0.4, 0.5) is 11.4 Å². The monoisotopic (exact) mass is 574 g/mol. The Labute approximate surface area is 244 Å². The quantitative estimate of drug-likeness (QED) is 0.196. The number of anilines is 2. The van der Waals surface area contributed by atoms with E-state index in [1.807, 2.05) is 53.9 Å². The number of benzene rings is 4. The summed E-state index contributed by atoms with van der Waals surface area (Å²) in [7, 11) is 0. The number of carbonyl (C=O) groups is 4. The molecule has 5 aromatic rings. The lowest BCUT2D eigenvalue weighted by Crippen LogP contribution is -2.25. The number of hydrogen-bond donors (Lipinski definition) is 2. The number of hydrogen-bond acceptors (Lipinski definition) is 6. The molecule has 1 atom stereocenters. The molecule has 1 aliphatic rings. The van der Waals surface area contributed by atoms with E-state index < -0.39 is 5.25 Å². The van der Waals surface area contributed by atoms with E-state index in [-0.39, 0.29) is 34.5 Å². The highest BCUT2D eigenvalue weighted by Gasteiger charge is 2.32. The van der Waals surface area contributed by atoms with Crippen LogP contribution in [0.3, 0.4) is 0 Å². The summed E-state index contributed by atoms with van der Waals surface area (Å²) < 4.78 is 0. The molecule has 6 nitrogen and oxygen atoms in total. The smallest absolute Gasteiger partial charge is 0.265 e. The van der Waals surface area contributed by atoms with Crippen LogP contribution in [0, 0.1) is 0 Å². The average molecular weight is 575 g/mol. The molecule has 0 radical (unpaired) electrons. The van der Waals surface area contributed by atoms with E-state index in [4.69, 9.17) is 0 Å². The van der Waals surface area contributed by atoms with Gasteiger partial charge in [0, 0.05) is 27.3 Å². The van der Waals surface area contributed by atoms with Crippen molar-refractivity contribution in [2.24, 2.45) is 0 Å². The summed E-state index contributed by atoms with van der Waals surface area (Å²) in [6, 6.07) is 31.9. The molecular weight excluding hydrogens is 553 g/mol. The molecule has 8 heteroatoms. The molecule has 2 amide bonds. The second-order valence-corrected chi connectivity index (χ2v) is 11.4. The highest BCUT2D eigenvalue weighted by Crippen LogP contribution is 2.38. The third-order valence-corrected chi connectivity index (χ3v) is 8.80. The fourth-order valence-corrected chi connectivity index (χ4v) is 6.35. The fraction of sp³-hybridized carbons (Fsp3) is 0.0303. The predicted octanol–water partition coefficient (Wildman–Crippen LogP) is 7.25. The van der Waals surface area contributed by atoms with Crippen LogP contribution in [0.5, 0.6) is 0 Å². The molecule has 6 rings (SSSR count). The van der Waals surface area contributed by atoms with Crippen LogP contribution < -0.4 is 10.6 Å². The molecule has 0 saturated carbocycles. The standard InChI is InChI=1S/C33H22N2O4S2/c36-29-23-10-4-5-11-24(23)30(37)28-25(29)12-6-13-26(28)35-33(39)31(20-8-2-1-3-9-20)41-22-17-15-21(16-18-22)34-32(38)27-14-7-19-40-27/h1-19,31H,(H,34,38)(H,35,39). The van der Waals surface area contributed by atoms with Gasteiger partial charge in [0.05, 0.1) is 16.1 Å². The van der Waals surface area contributed by atoms with Gasteiger partial charge in [-0.1, -0.05) is 72.8 Å². The molecule has 1 heterocycles. The van der Waals surface area contributed by atoms with Gasteiger partial charge in [-0.2, -0.15) is 0 Å². The maximum atomic E-state index is 13.8. The molecule has 1 unspecified atom stereocenters. The van der Waals surface area contributed by atoms with Gasteiger partial charge in [-0.05, 0) is 47.3 Å². The van der Waals surface area contributed by atoms with Gasteiger partial charge in [0.15, 0.2) is 11.6 Å². The Morgan fingerprint density at radius 3 is 2.05 bits per heavy atom. The molecule has 2 N–H and O–H groups in total. The van der Waals surface area contributed by atoms with Crippen LogP contribution in [-0.2, 0) is 4.79 Å². The summed E-state index contributed by atoms with van der Waals surface area (Å²) in [6.07, 6.45) is 0. The minimum absolute atomic E-state index is 0.177. The number of amides is 2. The summed E-state index contributed by atoms with van der Waals surface area (Å²) in [5, 5.41) is 7.01. The summed E-state index contributed by atoms with van der Waals surface area (Å²) in [4.78, 5) is 54.2. The highest BCUT2D eigenvalue weighted by atomic mass is 32.2. The first-order valence-electron chi connectivity index (χ1n) is 12.8. The molecule has 4 aromatic carbocycles. The zero-order valence-corrected chi connectivity index (χ0v) is 23.1. The Bertz CT molecular complexity index is 1780. The summed E-state index contributed by atoms with van der Waals surface area (Å²) >= 11 is 2.72. The number of thiophene rings is 1. The Balaban J connectivity index is 1.26. The predicted molar refractivity (Wildman–Crippen MR) is 162 cm³/mol. The van der Waals surface area contributed by atoms with Crippen LogP contribution >= 0.6 is 23.1 Å². The molecule has 1 aliphatic carbocycles. The van der Waals surface area contributed by atoms with Crippen LogP contribution in [0.1, 0.15) is 52.3 Å². The van der Waals surface area contributed by atoms with Crippen molar-refractivity contribution in [3.05, 3.63) is 147 Å². The van der Waals surface area contributed by atoms with Gasteiger partial charge in [-0.25, -0.2) is 0 Å². The van der Waals surface area contributed by atoms with Crippen molar-refractivity contribution in [1.29, 1.82) is 0 Å². The Hall–Kier alpha value is -4.79. The molecule has 200 valence electrons. The van der Waals surface area contributed by atoms with E-state index in [1.165, 1.54) is 23.1 Å². The van der Waals surface area contributed by atoms with E-state index >= 15 is 0 Å². The molecule has 0 fully saturated rings. The maximum absolute atomic E-state index is 13.8. The number of thioether (sulfide) groups is 1. The van der Waals surface area contributed by atoms with Crippen LogP contribution in [-0.4, -0.2) is 23.4 Å². The van der Waals surface area contributed by atoms with Gasteiger partial charge in [0.2, 0.25) is 5.91 Å². The lowest BCUT2D eigenvalue weighted by molar-refractivity contribution is -0.115. The third kappa shape index (κ3) is 5.35. The lowest BCUT2D eigenvalue weighted by atomic mass is 9.83. The fourth-order valence-electron chi connectivity index (χ4n) is 4.70. The first kappa shape index (κ1) is 26.4. The second-order valence-electron chi connectivity index (χ2n) is 9.29. The number of ketones is 2. The number of fused-ring (bicyclic) bond motifs is 2. The van der Waals surface area contributed by atoms with Crippen molar-refractivity contribution in [2.45, 2.75) is 10.1 Å².